The van der Waals surface area contributed by atoms with Crippen LogP contribution in [0, 0.1) is 5.82 Å². The fourth-order valence-corrected chi connectivity index (χ4v) is 4.99. The van der Waals surface area contributed by atoms with Crippen LogP contribution in [0.5, 0.6) is 0 Å². The largest absolute Gasteiger partial charge is 0.350 e. The summed E-state index contributed by atoms with van der Waals surface area (Å²) in [5.41, 5.74) is 2.67. The summed E-state index contributed by atoms with van der Waals surface area (Å²) >= 11 is 1.61. The van der Waals surface area contributed by atoms with E-state index in [1.165, 1.54) is 36.2 Å². The van der Waals surface area contributed by atoms with Gasteiger partial charge in [-0.2, -0.15) is 0 Å². The first kappa shape index (κ1) is 16.5. The van der Waals surface area contributed by atoms with E-state index in [1.807, 2.05) is 4.90 Å². The van der Waals surface area contributed by atoms with E-state index in [0.29, 0.717) is 13.1 Å². The molecule has 0 spiro atoms. The quantitative estimate of drug-likeness (QED) is 0.823. The minimum absolute atomic E-state index is 0.159. The van der Waals surface area contributed by atoms with Crippen molar-refractivity contribution in [2.75, 3.05) is 24.5 Å². The van der Waals surface area contributed by atoms with Gasteiger partial charge in [-0.15, -0.1) is 11.3 Å². The fraction of sp³-hybridized carbons (Fsp3) is 0.474. The van der Waals surface area contributed by atoms with Crippen molar-refractivity contribution in [3.8, 4) is 0 Å². The molecule has 1 amide bonds. The molecule has 1 atom stereocenters. The van der Waals surface area contributed by atoms with Crippen LogP contribution in [0.4, 0.5) is 10.2 Å². The molecule has 0 bridgehead atoms. The van der Waals surface area contributed by atoms with Crippen molar-refractivity contribution in [1.29, 1.82) is 0 Å². The zero-order valence-corrected chi connectivity index (χ0v) is 15.2. The molecule has 4 nitrogen and oxygen atoms in total. The Balaban J connectivity index is 1.48. The minimum Gasteiger partial charge on any atom is -0.350 e. The van der Waals surface area contributed by atoms with E-state index in [-0.39, 0.29) is 17.8 Å². The number of anilines is 1. The van der Waals surface area contributed by atoms with E-state index in [4.69, 9.17) is 0 Å². The van der Waals surface area contributed by atoms with Gasteiger partial charge in [-0.25, -0.2) is 9.37 Å². The van der Waals surface area contributed by atoms with Crippen molar-refractivity contribution >= 4 is 23.1 Å². The predicted octanol–water partition coefficient (Wildman–Crippen LogP) is 3.51. The maximum absolute atomic E-state index is 13.1. The highest BCUT2D eigenvalue weighted by atomic mass is 32.1. The van der Waals surface area contributed by atoms with Crippen LogP contribution in [-0.4, -0.2) is 41.5 Å². The summed E-state index contributed by atoms with van der Waals surface area (Å²) in [4.78, 5) is 22.2. The number of aromatic nitrogens is 1. The molecule has 0 N–H and O–H groups in total. The first-order valence-corrected chi connectivity index (χ1v) is 9.78. The number of piperazine rings is 1. The molecule has 0 radical (unpaired) electrons. The van der Waals surface area contributed by atoms with Crippen molar-refractivity contribution in [3.63, 3.8) is 0 Å². The predicted molar refractivity (Wildman–Crippen MR) is 97.9 cm³/mol. The van der Waals surface area contributed by atoms with E-state index in [2.05, 4.69) is 22.2 Å². The van der Waals surface area contributed by atoms with Gasteiger partial charge in [0.25, 0.3) is 5.91 Å². The average molecular weight is 359 g/mol. The topological polar surface area (TPSA) is 36.4 Å². The summed E-state index contributed by atoms with van der Waals surface area (Å²) in [5.74, 6) is 0.619. The number of nitrogens with zero attached hydrogens (tertiary/aromatic N) is 3. The summed E-state index contributed by atoms with van der Waals surface area (Å²) in [6, 6.07) is 3.30. The van der Waals surface area contributed by atoms with Crippen LogP contribution < -0.4 is 4.90 Å². The number of halogens is 1. The van der Waals surface area contributed by atoms with E-state index >= 15 is 0 Å². The number of fused-ring (bicyclic) bond motifs is 1. The van der Waals surface area contributed by atoms with Crippen LogP contribution in [-0.2, 0) is 12.8 Å². The number of hydrogen-bond donors (Lipinski definition) is 0. The molecule has 3 heterocycles. The summed E-state index contributed by atoms with van der Waals surface area (Å²) < 4.78 is 13.1. The number of carbonyl (C=O) groups excluding carboxylic acids is 1. The van der Waals surface area contributed by atoms with Crippen LogP contribution in [0.3, 0.4) is 0 Å². The Kier molecular flexibility index (Phi) is 4.46. The smallest absolute Gasteiger partial charge is 0.264 e. The fourth-order valence-electron chi connectivity index (χ4n) is 3.86. The third-order valence-corrected chi connectivity index (χ3v) is 6.28. The maximum Gasteiger partial charge on any atom is 0.264 e. The van der Waals surface area contributed by atoms with Crippen LogP contribution in [0.1, 0.15) is 40.6 Å². The lowest BCUT2D eigenvalue weighted by atomic mass is 9.93. The van der Waals surface area contributed by atoms with Gasteiger partial charge in [-0.05, 0) is 61.2 Å². The molecule has 1 aliphatic carbocycles. The SMILES string of the molecule is CC1CN(C(=O)c2scc3c2CCCC3)CCN1c1ccc(F)cn1. The van der Waals surface area contributed by atoms with Crippen molar-refractivity contribution in [2.24, 2.45) is 0 Å². The van der Waals surface area contributed by atoms with Gasteiger partial charge in [0.15, 0.2) is 0 Å². The molecular formula is C19H22FN3OS. The first-order chi connectivity index (χ1) is 12.1. The van der Waals surface area contributed by atoms with Gasteiger partial charge in [0.05, 0.1) is 11.1 Å². The van der Waals surface area contributed by atoms with Gasteiger partial charge in [0.2, 0.25) is 0 Å². The molecule has 2 aromatic heterocycles. The Labute approximate surface area is 151 Å². The third-order valence-electron chi connectivity index (χ3n) is 5.22. The lowest BCUT2D eigenvalue weighted by Crippen LogP contribution is -2.54. The molecule has 1 aliphatic heterocycles. The number of hydrogen-bond acceptors (Lipinski definition) is 4. The molecule has 0 aromatic carbocycles. The van der Waals surface area contributed by atoms with Crippen LogP contribution >= 0.6 is 11.3 Å². The molecule has 0 saturated carbocycles. The molecule has 132 valence electrons. The summed E-state index contributed by atoms with van der Waals surface area (Å²) in [6.07, 6.45) is 5.81. The van der Waals surface area contributed by atoms with Crippen molar-refractivity contribution < 1.29 is 9.18 Å². The van der Waals surface area contributed by atoms with Crippen LogP contribution in [0.2, 0.25) is 0 Å². The number of amides is 1. The molecule has 1 saturated heterocycles. The van der Waals surface area contributed by atoms with Crippen molar-refractivity contribution in [3.05, 3.63) is 45.5 Å². The average Bonchev–Trinajstić information content (AvgIpc) is 3.06. The first-order valence-electron chi connectivity index (χ1n) is 8.90. The highest BCUT2D eigenvalue weighted by molar-refractivity contribution is 7.12. The zero-order valence-electron chi connectivity index (χ0n) is 14.4. The molecular weight excluding hydrogens is 337 g/mol. The standard InChI is InChI=1S/C19H22FN3OS/c1-13-11-22(8-9-23(13)17-7-6-15(20)10-21-17)19(24)18-16-5-3-2-4-14(16)12-25-18/h6-7,10,12-13H,2-5,8-9,11H2,1H3. The summed E-state index contributed by atoms with van der Waals surface area (Å²) in [6.45, 7) is 4.16. The van der Waals surface area contributed by atoms with Crippen LogP contribution in [0.25, 0.3) is 0 Å². The van der Waals surface area contributed by atoms with E-state index in [0.717, 1.165) is 30.1 Å². The second-order valence-electron chi connectivity index (χ2n) is 6.90. The highest BCUT2D eigenvalue weighted by Crippen LogP contribution is 2.31. The third kappa shape index (κ3) is 3.15. The Hall–Kier alpha value is -1.95. The number of carbonyl (C=O) groups is 1. The number of rotatable bonds is 2. The summed E-state index contributed by atoms with van der Waals surface area (Å²) in [5, 5.41) is 2.17. The lowest BCUT2D eigenvalue weighted by Gasteiger charge is -2.40. The number of aryl methyl sites for hydroxylation is 1. The van der Waals surface area contributed by atoms with Gasteiger partial charge in [-0.1, -0.05) is 0 Å². The van der Waals surface area contributed by atoms with Crippen molar-refractivity contribution in [2.45, 2.75) is 38.6 Å². The normalized spacial score (nSPS) is 20.5. The Morgan fingerprint density at radius 2 is 2.12 bits per heavy atom. The second kappa shape index (κ2) is 6.75. The van der Waals surface area contributed by atoms with E-state index in [1.54, 1.807) is 17.4 Å². The lowest BCUT2D eigenvalue weighted by molar-refractivity contribution is 0.0729. The van der Waals surface area contributed by atoms with Gasteiger partial charge < -0.3 is 9.80 Å². The number of pyridine rings is 1. The van der Waals surface area contributed by atoms with Gasteiger partial charge in [-0.3, -0.25) is 4.79 Å². The molecule has 4 rings (SSSR count). The monoisotopic (exact) mass is 359 g/mol. The van der Waals surface area contributed by atoms with Gasteiger partial charge in [0.1, 0.15) is 11.6 Å². The minimum atomic E-state index is -0.326. The Morgan fingerprint density at radius 3 is 2.88 bits per heavy atom. The molecule has 25 heavy (non-hydrogen) atoms. The van der Waals surface area contributed by atoms with Crippen LogP contribution in [0.15, 0.2) is 23.7 Å². The Bertz CT molecular complexity index is 773. The van der Waals surface area contributed by atoms with Gasteiger partial charge >= 0.3 is 0 Å². The second-order valence-corrected chi connectivity index (χ2v) is 7.78. The highest BCUT2D eigenvalue weighted by Gasteiger charge is 2.30. The molecule has 1 fully saturated rings. The van der Waals surface area contributed by atoms with E-state index < -0.39 is 0 Å². The molecule has 1 unspecified atom stereocenters. The van der Waals surface area contributed by atoms with Crippen molar-refractivity contribution in [1.82, 2.24) is 9.88 Å². The molecule has 2 aliphatic rings. The maximum atomic E-state index is 13.1. The molecule has 2 aromatic rings. The summed E-state index contributed by atoms with van der Waals surface area (Å²) in [7, 11) is 0. The van der Waals surface area contributed by atoms with Gasteiger partial charge in [0, 0.05) is 25.7 Å². The van der Waals surface area contributed by atoms with E-state index in [9.17, 15) is 9.18 Å². The number of thiophene rings is 1. The zero-order chi connectivity index (χ0) is 17.4. The Morgan fingerprint density at radius 1 is 1.28 bits per heavy atom. The molecule has 6 heteroatoms.